The summed E-state index contributed by atoms with van der Waals surface area (Å²) in [7, 11) is 3.54. The van der Waals surface area contributed by atoms with E-state index < -0.39 is 48.4 Å². The number of nitrogens with one attached hydrogen (secondary N) is 1. The number of carbonyl (C=O) groups is 1. The van der Waals surface area contributed by atoms with Crippen LogP contribution in [0.5, 0.6) is 5.75 Å². The van der Waals surface area contributed by atoms with E-state index in [0.29, 0.717) is 17.1 Å². The predicted molar refractivity (Wildman–Crippen MR) is 152 cm³/mol. The molecule has 222 valence electrons. The molecule has 1 unspecified atom stereocenters. The van der Waals surface area contributed by atoms with E-state index >= 15 is 4.39 Å². The summed E-state index contributed by atoms with van der Waals surface area (Å²) in [6, 6.07) is 7.69. The van der Waals surface area contributed by atoms with E-state index in [1.807, 2.05) is 0 Å². The number of aromatic nitrogens is 4. The SMILES string of the molecule is CC(C)OC(=O)[C@@H](C)N[P@@](=S)(Oc1ccccc1)OC1[C@H]2O[C@@H](n3cnc4c(N(C)C)nc(N)nc43)[C@](C)(F)[C@@]12O. The molecule has 1 aliphatic carbocycles. The van der Waals surface area contributed by atoms with Crippen molar-refractivity contribution < 1.29 is 32.8 Å². The molecule has 5 rings (SSSR count). The van der Waals surface area contributed by atoms with Crippen LogP contribution in [0.2, 0.25) is 0 Å². The van der Waals surface area contributed by atoms with Gasteiger partial charge in [0, 0.05) is 14.1 Å². The lowest BCUT2D eigenvalue weighted by Crippen LogP contribution is -2.45. The van der Waals surface area contributed by atoms with E-state index in [4.69, 9.17) is 36.1 Å². The molecule has 2 aromatic heterocycles. The number of imidazole rings is 1. The normalized spacial score (nSPS) is 29.1. The lowest BCUT2D eigenvalue weighted by molar-refractivity contribution is -0.149. The maximum absolute atomic E-state index is 16.6. The highest BCUT2D eigenvalue weighted by Gasteiger charge is 2.85. The summed E-state index contributed by atoms with van der Waals surface area (Å²) in [6.45, 7) is 2.64. The van der Waals surface area contributed by atoms with E-state index in [1.54, 1.807) is 70.1 Å². The minimum absolute atomic E-state index is 0.0264. The molecule has 4 N–H and O–H groups in total. The Morgan fingerprint density at radius 3 is 2.56 bits per heavy atom. The smallest absolute Gasteiger partial charge is 0.323 e. The molecule has 1 aromatic carbocycles. The van der Waals surface area contributed by atoms with Crippen LogP contribution in [0.1, 0.15) is 33.9 Å². The predicted octanol–water partition coefficient (Wildman–Crippen LogP) is 2.46. The third kappa shape index (κ3) is 5.15. The highest BCUT2D eigenvalue weighted by atomic mass is 32.5. The molecule has 0 bridgehead atoms. The van der Waals surface area contributed by atoms with Crippen LogP contribution in [0.3, 0.4) is 0 Å². The lowest BCUT2D eigenvalue weighted by Gasteiger charge is -2.33. The van der Waals surface area contributed by atoms with Crippen LogP contribution in [0.25, 0.3) is 11.2 Å². The maximum atomic E-state index is 16.6. The molecule has 1 saturated heterocycles. The van der Waals surface area contributed by atoms with Gasteiger partial charge in [0.2, 0.25) is 5.95 Å². The van der Waals surface area contributed by atoms with E-state index in [0.717, 1.165) is 0 Å². The number of para-hydroxylation sites is 1. The molecule has 7 atom stereocenters. The van der Waals surface area contributed by atoms with E-state index in [1.165, 1.54) is 17.8 Å². The number of benzene rings is 1. The van der Waals surface area contributed by atoms with Crippen molar-refractivity contribution in [3.63, 3.8) is 0 Å². The quantitative estimate of drug-likeness (QED) is 0.228. The first-order chi connectivity index (χ1) is 19.2. The van der Waals surface area contributed by atoms with Gasteiger partial charge in [0.05, 0.1) is 12.4 Å². The van der Waals surface area contributed by atoms with E-state index in [-0.39, 0.29) is 17.7 Å². The maximum Gasteiger partial charge on any atom is 0.323 e. The molecule has 0 amide bonds. The van der Waals surface area contributed by atoms with Gasteiger partial charge in [-0.25, -0.2) is 14.5 Å². The zero-order valence-corrected chi connectivity index (χ0v) is 25.1. The fourth-order valence-electron chi connectivity index (χ4n) is 4.85. The van der Waals surface area contributed by atoms with Gasteiger partial charge in [0.15, 0.2) is 34.5 Å². The minimum Gasteiger partial charge on any atom is -0.462 e. The van der Waals surface area contributed by atoms with Crippen LogP contribution in [0, 0.1) is 0 Å². The number of halogens is 1. The Kier molecular flexibility index (Phi) is 7.50. The summed E-state index contributed by atoms with van der Waals surface area (Å²) in [5.41, 5.74) is 2.06. The number of rotatable bonds is 10. The van der Waals surface area contributed by atoms with Crippen molar-refractivity contribution in [1.82, 2.24) is 24.6 Å². The molecule has 1 aliphatic heterocycles. The molecular formula is C25H33FN7O6PS. The zero-order valence-electron chi connectivity index (χ0n) is 23.4. The van der Waals surface area contributed by atoms with Crippen molar-refractivity contribution in [2.24, 2.45) is 0 Å². The van der Waals surface area contributed by atoms with Gasteiger partial charge >= 0.3 is 12.6 Å². The van der Waals surface area contributed by atoms with E-state index in [9.17, 15) is 9.90 Å². The Hall–Kier alpha value is -2.94. The summed E-state index contributed by atoms with van der Waals surface area (Å²) >= 11 is 5.75. The molecule has 1 saturated carbocycles. The Labute approximate surface area is 241 Å². The number of fused-ring (bicyclic) bond motifs is 2. The van der Waals surface area contributed by atoms with Gasteiger partial charge in [0.1, 0.15) is 24.0 Å². The summed E-state index contributed by atoms with van der Waals surface area (Å²) in [5, 5.41) is 14.5. The highest BCUT2D eigenvalue weighted by molar-refractivity contribution is 8.09. The standard InChI is InChI=1S/C25H33FN7O6PS/c1-13(2)36-21(34)14(3)31-40(41,38-15-10-8-7-9-11-15)39-18-17-25(18,35)24(4,26)22(37-17)33-12-28-16-19(32(5)6)29-23(27)30-20(16)33/h7-14,17-18,22,35H,1-6H3,(H,31,41)(H2,27,29,30)/t14-,17-,18?,22-,24+,25+,40-/m1/s1. The van der Waals surface area contributed by atoms with Crippen molar-refractivity contribution in [3.05, 3.63) is 36.7 Å². The molecule has 0 spiro atoms. The second-order valence-corrected chi connectivity index (χ2v) is 13.8. The number of anilines is 2. The largest absolute Gasteiger partial charge is 0.462 e. The van der Waals surface area contributed by atoms with Gasteiger partial charge < -0.3 is 29.7 Å². The van der Waals surface area contributed by atoms with Gasteiger partial charge in [-0.15, -0.1) is 0 Å². The number of aliphatic hydroxyl groups is 1. The van der Waals surface area contributed by atoms with Crippen molar-refractivity contribution in [1.29, 1.82) is 0 Å². The molecular weight excluding hydrogens is 576 g/mol. The molecule has 3 heterocycles. The first-order valence-corrected chi connectivity index (χ1v) is 15.6. The van der Waals surface area contributed by atoms with Crippen LogP contribution in [0.4, 0.5) is 16.2 Å². The van der Waals surface area contributed by atoms with Crippen LogP contribution in [-0.2, 0) is 30.6 Å². The number of carbonyl (C=O) groups excluding carboxylic acids is 1. The van der Waals surface area contributed by atoms with Crippen LogP contribution < -0.4 is 20.2 Å². The number of esters is 1. The van der Waals surface area contributed by atoms with Gasteiger partial charge in [-0.1, -0.05) is 18.2 Å². The van der Waals surface area contributed by atoms with Gasteiger partial charge in [-0.2, -0.15) is 9.97 Å². The summed E-state index contributed by atoms with van der Waals surface area (Å²) in [4.78, 5) is 27.0. The molecule has 41 heavy (non-hydrogen) atoms. The number of alkyl halides is 1. The molecule has 3 aromatic rings. The number of nitrogen functional groups attached to an aromatic ring is 1. The Morgan fingerprint density at radius 1 is 1.29 bits per heavy atom. The first-order valence-electron chi connectivity index (χ1n) is 12.9. The van der Waals surface area contributed by atoms with Crippen molar-refractivity contribution in [2.75, 3.05) is 24.7 Å². The van der Waals surface area contributed by atoms with Crippen molar-refractivity contribution >= 4 is 47.3 Å². The lowest BCUT2D eigenvalue weighted by atomic mass is 9.97. The third-order valence-corrected chi connectivity index (χ3v) is 9.39. The molecule has 16 heteroatoms. The fraction of sp³-hybridized carbons (Fsp3) is 0.520. The second-order valence-electron chi connectivity index (χ2n) is 10.7. The molecule has 2 aliphatic rings. The van der Waals surface area contributed by atoms with Gasteiger partial charge in [-0.05, 0) is 51.6 Å². The van der Waals surface area contributed by atoms with Crippen LogP contribution in [0.15, 0.2) is 36.7 Å². The minimum atomic E-state index is -3.57. The molecule has 2 fully saturated rings. The summed E-state index contributed by atoms with van der Waals surface area (Å²) in [5.74, 6) is 0.221. The summed E-state index contributed by atoms with van der Waals surface area (Å²) in [6.07, 6.45) is -2.60. The monoisotopic (exact) mass is 609 g/mol. The topological polar surface area (TPSA) is 159 Å². The number of nitrogens with two attached hydrogens (primary N) is 1. The van der Waals surface area contributed by atoms with Crippen molar-refractivity contribution in [3.8, 4) is 5.75 Å². The van der Waals surface area contributed by atoms with Crippen molar-refractivity contribution in [2.45, 2.75) is 69.5 Å². The first kappa shape index (κ1) is 29.5. The van der Waals surface area contributed by atoms with Gasteiger partial charge in [-0.3, -0.25) is 13.9 Å². The fourth-order valence-corrected chi connectivity index (χ4v) is 7.56. The Morgan fingerprint density at radius 2 is 1.98 bits per heavy atom. The number of hydrogen-bond acceptors (Lipinski definition) is 12. The highest BCUT2D eigenvalue weighted by Crippen LogP contribution is 2.66. The molecule has 13 nitrogen and oxygen atoms in total. The zero-order chi connectivity index (χ0) is 29.9. The average Bonchev–Trinajstić information content (AvgIpc) is 3.14. The molecule has 0 radical (unpaired) electrons. The number of ether oxygens (including phenoxy) is 2. The second kappa shape index (κ2) is 10.4. The van der Waals surface area contributed by atoms with Crippen LogP contribution >= 0.6 is 6.64 Å². The third-order valence-electron chi connectivity index (χ3n) is 6.93. The van der Waals surface area contributed by atoms with Crippen LogP contribution in [-0.4, -0.2) is 80.3 Å². The van der Waals surface area contributed by atoms with E-state index in [2.05, 4.69) is 20.0 Å². The number of nitrogens with zero attached hydrogens (tertiary/aromatic N) is 5. The average molecular weight is 610 g/mol. The Bertz CT molecular complexity index is 1510. The summed E-state index contributed by atoms with van der Waals surface area (Å²) < 4.78 is 41.4. The van der Waals surface area contributed by atoms with Gasteiger partial charge in [0.25, 0.3) is 0 Å². The number of hydrogen-bond donors (Lipinski definition) is 3. The Balaban J connectivity index is 1.41.